The zero-order valence-corrected chi connectivity index (χ0v) is 15.9. The summed E-state index contributed by atoms with van der Waals surface area (Å²) in [6.07, 6.45) is 1.86. The number of carbonyl (C=O) groups is 1. The van der Waals surface area contributed by atoms with Crippen LogP contribution in [0.5, 0.6) is 0 Å². The van der Waals surface area contributed by atoms with Crippen molar-refractivity contribution in [1.82, 2.24) is 9.97 Å². The molecule has 0 aliphatic carbocycles. The first-order valence-electron chi connectivity index (χ1n) is 9.76. The third-order valence-electron chi connectivity index (χ3n) is 5.61. The highest BCUT2D eigenvalue weighted by molar-refractivity contribution is 6.06. The van der Waals surface area contributed by atoms with Gasteiger partial charge in [-0.3, -0.25) is 4.79 Å². The summed E-state index contributed by atoms with van der Waals surface area (Å²) in [5.41, 5.74) is 6.20. The van der Waals surface area contributed by atoms with E-state index in [0.717, 1.165) is 37.3 Å². The average molecular weight is 370 g/mol. The number of rotatable bonds is 2. The summed E-state index contributed by atoms with van der Waals surface area (Å²) < 4.78 is 0. The van der Waals surface area contributed by atoms with Crippen molar-refractivity contribution in [1.29, 1.82) is 0 Å². The van der Waals surface area contributed by atoms with Gasteiger partial charge in [-0.2, -0.15) is 0 Å². The largest absolute Gasteiger partial charge is 0.336 e. The minimum atomic E-state index is -0.0471. The molecule has 2 aliphatic heterocycles. The second-order valence-corrected chi connectivity index (χ2v) is 7.47. The van der Waals surface area contributed by atoms with Crippen molar-refractivity contribution < 1.29 is 4.79 Å². The van der Waals surface area contributed by atoms with Crippen LogP contribution in [0.15, 0.2) is 54.6 Å². The predicted molar refractivity (Wildman–Crippen MR) is 110 cm³/mol. The number of aryl methyl sites for hydroxylation is 1. The van der Waals surface area contributed by atoms with Gasteiger partial charge in [0.2, 0.25) is 5.95 Å². The van der Waals surface area contributed by atoms with Gasteiger partial charge in [0.25, 0.3) is 5.91 Å². The number of amides is 1. The Morgan fingerprint density at radius 3 is 2.46 bits per heavy atom. The second-order valence-electron chi connectivity index (χ2n) is 7.47. The summed E-state index contributed by atoms with van der Waals surface area (Å²) in [6, 6.07) is 18.4. The van der Waals surface area contributed by atoms with E-state index in [4.69, 9.17) is 0 Å². The lowest BCUT2D eigenvalue weighted by molar-refractivity contribution is 0.0984. The second kappa shape index (κ2) is 6.75. The molecule has 1 amide bonds. The standard InChI is InChI=1S/C23H22N4O/c1-16-14-20(22(28)27-13-11-18-7-4-5-9-21(18)27)25-23(24-16)26-12-10-17-6-2-3-8-19(17)15-26/h2-9,14H,10-13,15H2,1H3. The lowest BCUT2D eigenvalue weighted by atomic mass is 10.0. The summed E-state index contributed by atoms with van der Waals surface area (Å²) in [5.74, 6) is 0.597. The molecule has 0 atom stereocenters. The van der Waals surface area contributed by atoms with E-state index in [0.29, 0.717) is 18.2 Å². The van der Waals surface area contributed by atoms with Crippen LogP contribution < -0.4 is 9.80 Å². The molecule has 140 valence electrons. The summed E-state index contributed by atoms with van der Waals surface area (Å²) in [4.78, 5) is 26.5. The maximum Gasteiger partial charge on any atom is 0.277 e. The van der Waals surface area contributed by atoms with Crippen LogP contribution in [0.3, 0.4) is 0 Å². The van der Waals surface area contributed by atoms with Crippen LogP contribution in [0.1, 0.15) is 32.9 Å². The Labute approximate surface area is 164 Å². The highest BCUT2D eigenvalue weighted by atomic mass is 16.2. The Hall–Kier alpha value is -3.21. The fourth-order valence-corrected chi connectivity index (χ4v) is 4.16. The van der Waals surface area contributed by atoms with Crippen molar-refractivity contribution >= 4 is 17.5 Å². The fraction of sp³-hybridized carbons (Fsp3) is 0.261. The van der Waals surface area contributed by atoms with Crippen molar-refractivity contribution in [2.24, 2.45) is 0 Å². The van der Waals surface area contributed by atoms with Crippen LogP contribution in [0.4, 0.5) is 11.6 Å². The number of para-hydroxylation sites is 1. The Balaban J connectivity index is 1.45. The van der Waals surface area contributed by atoms with Crippen molar-refractivity contribution in [2.45, 2.75) is 26.3 Å². The van der Waals surface area contributed by atoms with E-state index < -0.39 is 0 Å². The molecule has 0 spiro atoms. The minimum absolute atomic E-state index is 0.0471. The number of hydrogen-bond acceptors (Lipinski definition) is 4. The maximum absolute atomic E-state index is 13.2. The van der Waals surface area contributed by atoms with E-state index >= 15 is 0 Å². The van der Waals surface area contributed by atoms with Gasteiger partial charge >= 0.3 is 0 Å². The molecule has 0 unspecified atom stereocenters. The van der Waals surface area contributed by atoms with E-state index in [1.54, 1.807) is 6.07 Å². The first-order valence-corrected chi connectivity index (χ1v) is 9.76. The number of hydrogen-bond donors (Lipinski definition) is 0. The molecule has 3 aromatic rings. The van der Waals surface area contributed by atoms with Gasteiger partial charge in [0, 0.05) is 31.0 Å². The molecule has 5 heteroatoms. The Morgan fingerprint density at radius 2 is 1.61 bits per heavy atom. The molecule has 0 fully saturated rings. The third kappa shape index (κ3) is 2.93. The van der Waals surface area contributed by atoms with E-state index in [9.17, 15) is 4.79 Å². The molecule has 0 bridgehead atoms. The Bertz CT molecular complexity index is 1060. The zero-order valence-electron chi connectivity index (χ0n) is 15.9. The molecular formula is C23H22N4O. The van der Waals surface area contributed by atoms with Crippen molar-refractivity contribution in [3.05, 3.63) is 82.7 Å². The van der Waals surface area contributed by atoms with Gasteiger partial charge in [-0.05, 0) is 48.6 Å². The highest BCUT2D eigenvalue weighted by Gasteiger charge is 2.27. The first-order chi connectivity index (χ1) is 13.7. The van der Waals surface area contributed by atoms with Crippen LogP contribution in [-0.2, 0) is 19.4 Å². The quantitative estimate of drug-likeness (QED) is 0.692. The van der Waals surface area contributed by atoms with E-state index in [1.165, 1.54) is 16.7 Å². The molecule has 2 aromatic carbocycles. The molecule has 28 heavy (non-hydrogen) atoms. The summed E-state index contributed by atoms with van der Waals surface area (Å²) >= 11 is 0. The zero-order chi connectivity index (χ0) is 19.1. The van der Waals surface area contributed by atoms with Crippen LogP contribution in [-0.4, -0.2) is 29.0 Å². The Morgan fingerprint density at radius 1 is 0.893 bits per heavy atom. The topological polar surface area (TPSA) is 49.3 Å². The lowest BCUT2D eigenvalue weighted by Crippen LogP contribution is -2.34. The number of fused-ring (bicyclic) bond motifs is 2. The van der Waals surface area contributed by atoms with Crippen LogP contribution >= 0.6 is 0 Å². The van der Waals surface area contributed by atoms with E-state index in [2.05, 4.69) is 45.2 Å². The first kappa shape index (κ1) is 16.9. The third-order valence-corrected chi connectivity index (χ3v) is 5.61. The number of anilines is 2. The molecule has 2 aliphatic rings. The number of nitrogens with zero attached hydrogens (tertiary/aromatic N) is 4. The molecular weight excluding hydrogens is 348 g/mol. The molecule has 0 N–H and O–H groups in total. The van der Waals surface area contributed by atoms with Crippen LogP contribution in [0, 0.1) is 6.92 Å². The van der Waals surface area contributed by atoms with Crippen molar-refractivity contribution in [3.8, 4) is 0 Å². The lowest BCUT2D eigenvalue weighted by Gasteiger charge is -2.29. The molecule has 3 heterocycles. The average Bonchev–Trinajstić information content (AvgIpc) is 3.16. The summed E-state index contributed by atoms with van der Waals surface area (Å²) in [5, 5.41) is 0. The van der Waals surface area contributed by atoms with Crippen molar-refractivity contribution in [2.75, 3.05) is 22.9 Å². The molecule has 0 radical (unpaired) electrons. The van der Waals surface area contributed by atoms with E-state index in [1.807, 2.05) is 30.0 Å². The van der Waals surface area contributed by atoms with Gasteiger partial charge in [0.05, 0.1) is 0 Å². The number of aromatic nitrogens is 2. The highest BCUT2D eigenvalue weighted by Crippen LogP contribution is 2.29. The van der Waals surface area contributed by atoms with Gasteiger partial charge in [0.1, 0.15) is 5.69 Å². The molecule has 1 aromatic heterocycles. The number of carbonyl (C=O) groups excluding carboxylic acids is 1. The smallest absolute Gasteiger partial charge is 0.277 e. The van der Waals surface area contributed by atoms with E-state index in [-0.39, 0.29) is 5.91 Å². The minimum Gasteiger partial charge on any atom is -0.336 e. The van der Waals surface area contributed by atoms with Gasteiger partial charge in [-0.1, -0.05) is 42.5 Å². The Kier molecular flexibility index (Phi) is 4.08. The molecule has 0 saturated heterocycles. The van der Waals surface area contributed by atoms with Crippen molar-refractivity contribution in [3.63, 3.8) is 0 Å². The van der Waals surface area contributed by atoms with Crippen LogP contribution in [0.25, 0.3) is 0 Å². The summed E-state index contributed by atoms with van der Waals surface area (Å²) in [6.45, 7) is 4.27. The predicted octanol–water partition coefficient (Wildman–Crippen LogP) is 3.55. The fourth-order valence-electron chi connectivity index (χ4n) is 4.16. The maximum atomic E-state index is 13.2. The number of benzene rings is 2. The molecule has 5 rings (SSSR count). The molecule has 5 nitrogen and oxygen atoms in total. The van der Waals surface area contributed by atoms with Gasteiger partial charge in [0.15, 0.2) is 0 Å². The summed E-state index contributed by atoms with van der Waals surface area (Å²) in [7, 11) is 0. The normalized spacial score (nSPS) is 15.3. The monoisotopic (exact) mass is 370 g/mol. The van der Waals surface area contributed by atoms with Gasteiger partial charge < -0.3 is 9.80 Å². The van der Waals surface area contributed by atoms with Crippen LogP contribution in [0.2, 0.25) is 0 Å². The van der Waals surface area contributed by atoms with Gasteiger partial charge in [-0.15, -0.1) is 0 Å². The molecule has 0 saturated carbocycles. The van der Waals surface area contributed by atoms with Gasteiger partial charge in [-0.25, -0.2) is 9.97 Å². The SMILES string of the molecule is Cc1cc(C(=O)N2CCc3ccccc32)nc(N2CCc3ccccc3C2)n1.